The maximum atomic E-state index is 9.90. The van der Waals surface area contributed by atoms with Crippen molar-refractivity contribution < 1.29 is 20.1 Å². The molecule has 2 aromatic carbocycles. The van der Waals surface area contributed by atoms with Gasteiger partial charge in [-0.15, -0.1) is 0 Å². The van der Waals surface area contributed by atoms with Crippen molar-refractivity contribution in [1.82, 2.24) is 0 Å². The molecule has 1 aliphatic rings. The molecule has 4 unspecified atom stereocenters. The Morgan fingerprint density at radius 2 is 1.46 bits per heavy atom. The van der Waals surface area contributed by atoms with Crippen molar-refractivity contribution in [2.75, 3.05) is 11.9 Å². The zero-order chi connectivity index (χ0) is 16.9. The minimum Gasteiger partial charge on any atom is -0.388 e. The van der Waals surface area contributed by atoms with Crippen LogP contribution in [0.1, 0.15) is 0 Å². The number of hydrogen-bond acceptors (Lipinski definition) is 7. The number of nitrogens with one attached hydrogen (secondary N) is 1. The molecule has 7 heteroatoms. The summed E-state index contributed by atoms with van der Waals surface area (Å²) in [5, 5.41) is 40.3. The monoisotopic (exact) mass is 329 g/mol. The van der Waals surface area contributed by atoms with E-state index in [1.54, 1.807) is 24.3 Å². The summed E-state index contributed by atoms with van der Waals surface area (Å²) in [7, 11) is 0. The number of aliphatic hydroxyl groups excluding tert-OH is 3. The number of benzene rings is 2. The van der Waals surface area contributed by atoms with Gasteiger partial charge in [0.05, 0.1) is 18.0 Å². The Labute approximate surface area is 139 Å². The largest absolute Gasteiger partial charge is 0.388 e. The van der Waals surface area contributed by atoms with Crippen molar-refractivity contribution in [1.29, 1.82) is 0 Å². The van der Waals surface area contributed by atoms with Crippen molar-refractivity contribution in [3.05, 3.63) is 54.6 Å². The minimum atomic E-state index is -1.24. The molecule has 1 saturated heterocycles. The lowest BCUT2D eigenvalue weighted by molar-refractivity contribution is -0.178. The van der Waals surface area contributed by atoms with Crippen molar-refractivity contribution in [2.45, 2.75) is 24.5 Å². The SMILES string of the molecule is OC1COC(Nc2ccc(N=Nc3ccccc3)cc2)C(O)C1O. The molecule has 0 radical (unpaired) electrons. The molecular weight excluding hydrogens is 310 g/mol. The normalized spacial score (nSPS) is 27.3. The highest BCUT2D eigenvalue weighted by Crippen LogP contribution is 2.22. The molecule has 0 aliphatic carbocycles. The van der Waals surface area contributed by atoms with E-state index >= 15 is 0 Å². The molecule has 0 bridgehead atoms. The maximum Gasteiger partial charge on any atom is 0.156 e. The van der Waals surface area contributed by atoms with Gasteiger partial charge in [-0.2, -0.15) is 10.2 Å². The first-order chi connectivity index (χ1) is 11.6. The topological polar surface area (TPSA) is 107 Å². The molecule has 3 rings (SSSR count). The van der Waals surface area contributed by atoms with Crippen molar-refractivity contribution >= 4 is 17.1 Å². The number of aliphatic hydroxyl groups is 3. The van der Waals surface area contributed by atoms with Crippen molar-refractivity contribution in [3.8, 4) is 0 Å². The van der Waals surface area contributed by atoms with Crippen LogP contribution in [0.3, 0.4) is 0 Å². The smallest absolute Gasteiger partial charge is 0.156 e. The van der Waals surface area contributed by atoms with Gasteiger partial charge in [-0.3, -0.25) is 0 Å². The number of anilines is 1. The highest BCUT2D eigenvalue weighted by Gasteiger charge is 2.37. The van der Waals surface area contributed by atoms with Crippen LogP contribution in [0.2, 0.25) is 0 Å². The minimum absolute atomic E-state index is 0.0424. The molecule has 7 nitrogen and oxygen atoms in total. The Morgan fingerprint density at radius 3 is 2.12 bits per heavy atom. The average Bonchev–Trinajstić information content (AvgIpc) is 2.62. The van der Waals surface area contributed by atoms with Gasteiger partial charge in [0.25, 0.3) is 0 Å². The predicted octanol–water partition coefficient (Wildman–Crippen LogP) is 1.95. The molecule has 1 fully saturated rings. The summed E-state index contributed by atoms with van der Waals surface area (Å²) in [4.78, 5) is 0. The van der Waals surface area contributed by atoms with Gasteiger partial charge >= 0.3 is 0 Å². The summed E-state index contributed by atoms with van der Waals surface area (Å²) >= 11 is 0. The molecule has 0 spiro atoms. The summed E-state index contributed by atoms with van der Waals surface area (Å²) in [6, 6.07) is 16.5. The van der Waals surface area contributed by atoms with Gasteiger partial charge in [0.1, 0.15) is 18.3 Å². The predicted molar refractivity (Wildman–Crippen MR) is 88.4 cm³/mol. The Hall–Kier alpha value is -2.32. The molecule has 0 aromatic heterocycles. The lowest BCUT2D eigenvalue weighted by atomic mass is 10.0. The molecule has 24 heavy (non-hydrogen) atoms. The van der Waals surface area contributed by atoms with E-state index < -0.39 is 24.5 Å². The van der Waals surface area contributed by atoms with Gasteiger partial charge < -0.3 is 25.4 Å². The van der Waals surface area contributed by atoms with Crippen molar-refractivity contribution in [3.63, 3.8) is 0 Å². The van der Waals surface area contributed by atoms with E-state index in [0.717, 1.165) is 5.69 Å². The zero-order valence-electron chi connectivity index (χ0n) is 12.9. The molecule has 2 aromatic rings. The van der Waals surface area contributed by atoms with Crippen LogP contribution in [0.25, 0.3) is 0 Å². The second-order valence-electron chi connectivity index (χ2n) is 5.53. The summed E-state index contributed by atoms with van der Waals surface area (Å²) in [5.41, 5.74) is 2.15. The van der Waals surface area contributed by atoms with E-state index in [1.807, 2.05) is 30.3 Å². The molecule has 126 valence electrons. The van der Waals surface area contributed by atoms with Gasteiger partial charge in [0.2, 0.25) is 0 Å². The Kier molecular flexibility index (Phi) is 5.17. The Bertz CT molecular complexity index is 678. The highest BCUT2D eigenvalue weighted by atomic mass is 16.5. The first kappa shape index (κ1) is 16.5. The number of ether oxygens (including phenoxy) is 1. The second kappa shape index (κ2) is 7.50. The lowest BCUT2D eigenvalue weighted by Crippen LogP contribution is -2.55. The third-order valence-corrected chi connectivity index (χ3v) is 3.71. The zero-order valence-corrected chi connectivity index (χ0v) is 12.9. The second-order valence-corrected chi connectivity index (χ2v) is 5.53. The Balaban J connectivity index is 1.61. The molecule has 1 aliphatic heterocycles. The van der Waals surface area contributed by atoms with Crippen LogP contribution in [-0.4, -0.2) is 46.5 Å². The van der Waals surface area contributed by atoms with Crippen LogP contribution in [0.15, 0.2) is 64.8 Å². The van der Waals surface area contributed by atoms with Gasteiger partial charge in [0.15, 0.2) is 6.23 Å². The number of nitrogens with zero attached hydrogens (tertiary/aromatic N) is 2. The summed E-state index contributed by atoms with van der Waals surface area (Å²) in [6.07, 6.45) is -4.33. The van der Waals surface area contributed by atoms with E-state index in [1.165, 1.54) is 0 Å². The van der Waals surface area contributed by atoms with Crippen LogP contribution in [-0.2, 0) is 4.74 Å². The van der Waals surface area contributed by atoms with Gasteiger partial charge in [0, 0.05) is 5.69 Å². The molecule has 0 amide bonds. The van der Waals surface area contributed by atoms with Crippen LogP contribution in [0, 0.1) is 0 Å². The number of rotatable bonds is 4. The summed E-state index contributed by atoms with van der Waals surface area (Å²) in [6.45, 7) is -0.0424. The third kappa shape index (κ3) is 3.95. The first-order valence-corrected chi connectivity index (χ1v) is 7.63. The standard InChI is InChI=1S/C17H19N3O4/c21-14-10-24-17(16(23)15(14)22)18-11-6-8-13(9-7-11)20-19-12-4-2-1-3-5-12/h1-9,14-18,21-23H,10H2. The van der Waals surface area contributed by atoms with Gasteiger partial charge in [-0.05, 0) is 36.4 Å². The van der Waals surface area contributed by atoms with Gasteiger partial charge in [-0.1, -0.05) is 18.2 Å². The Morgan fingerprint density at radius 1 is 0.833 bits per heavy atom. The van der Waals surface area contributed by atoms with E-state index in [9.17, 15) is 15.3 Å². The molecule has 1 heterocycles. The fourth-order valence-electron chi connectivity index (χ4n) is 2.33. The summed E-state index contributed by atoms with van der Waals surface area (Å²) in [5.74, 6) is 0. The number of azo groups is 1. The molecule has 4 N–H and O–H groups in total. The fraction of sp³-hybridized carbons (Fsp3) is 0.294. The average molecular weight is 329 g/mol. The van der Waals surface area contributed by atoms with Crippen LogP contribution in [0.4, 0.5) is 17.1 Å². The van der Waals surface area contributed by atoms with Crippen molar-refractivity contribution in [2.24, 2.45) is 10.2 Å². The highest BCUT2D eigenvalue weighted by molar-refractivity contribution is 5.51. The van der Waals surface area contributed by atoms with Crippen LogP contribution >= 0.6 is 0 Å². The molecule has 0 saturated carbocycles. The van der Waals surface area contributed by atoms with E-state index in [4.69, 9.17) is 4.74 Å². The van der Waals surface area contributed by atoms with E-state index in [0.29, 0.717) is 11.4 Å². The third-order valence-electron chi connectivity index (χ3n) is 3.71. The van der Waals surface area contributed by atoms with E-state index in [2.05, 4.69) is 15.5 Å². The van der Waals surface area contributed by atoms with E-state index in [-0.39, 0.29) is 6.61 Å². The molecule has 4 atom stereocenters. The van der Waals surface area contributed by atoms with Crippen LogP contribution in [0.5, 0.6) is 0 Å². The first-order valence-electron chi connectivity index (χ1n) is 7.63. The lowest BCUT2D eigenvalue weighted by Gasteiger charge is -2.35. The van der Waals surface area contributed by atoms with Gasteiger partial charge in [-0.25, -0.2) is 0 Å². The molecular formula is C17H19N3O4. The fourth-order valence-corrected chi connectivity index (χ4v) is 2.33. The van der Waals surface area contributed by atoms with Crippen LogP contribution < -0.4 is 5.32 Å². The number of hydrogen-bond donors (Lipinski definition) is 4. The summed E-state index contributed by atoms with van der Waals surface area (Å²) < 4.78 is 5.30. The maximum absolute atomic E-state index is 9.90. The quantitative estimate of drug-likeness (QED) is 0.642.